The summed E-state index contributed by atoms with van der Waals surface area (Å²) in [4.78, 5) is 22.1. The first-order valence-corrected chi connectivity index (χ1v) is 10.1. The number of rotatable bonds is 3. The summed E-state index contributed by atoms with van der Waals surface area (Å²) >= 11 is 1.29. The molecule has 0 radical (unpaired) electrons. The van der Waals surface area contributed by atoms with Crippen molar-refractivity contribution >= 4 is 28.4 Å². The monoisotopic (exact) mass is 428 g/mol. The first-order chi connectivity index (χ1) is 13.5. The Labute approximate surface area is 171 Å². The highest BCUT2D eigenvalue weighted by molar-refractivity contribution is 7.13. The van der Waals surface area contributed by atoms with Crippen molar-refractivity contribution < 1.29 is 22.7 Å². The van der Waals surface area contributed by atoms with Gasteiger partial charge in [-0.1, -0.05) is 6.07 Å². The molecule has 158 valence electrons. The number of anilines is 2. The SMILES string of the molecule is CC(C)(C)OC(=O)N1CCCC(c2csc(Nc3cccc(C(F)(F)F)n3)n2)C1. The van der Waals surface area contributed by atoms with Gasteiger partial charge in [0.2, 0.25) is 0 Å². The Morgan fingerprint density at radius 3 is 2.72 bits per heavy atom. The minimum Gasteiger partial charge on any atom is -0.444 e. The molecule has 0 aliphatic carbocycles. The third-order valence-electron chi connectivity index (χ3n) is 4.29. The fourth-order valence-electron chi connectivity index (χ4n) is 3.01. The van der Waals surface area contributed by atoms with Gasteiger partial charge in [0.15, 0.2) is 5.13 Å². The van der Waals surface area contributed by atoms with Crippen LogP contribution in [0.5, 0.6) is 0 Å². The first kappa shape index (κ1) is 21.4. The minimum absolute atomic E-state index is 0.0533. The zero-order valence-electron chi connectivity index (χ0n) is 16.4. The van der Waals surface area contributed by atoms with Crippen LogP contribution in [-0.2, 0) is 10.9 Å². The van der Waals surface area contributed by atoms with Crippen molar-refractivity contribution in [2.45, 2.75) is 51.3 Å². The number of halogens is 3. The smallest absolute Gasteiger partial charge is 0.433 e. The highest BCUT2D eigenvalue weighted by Gasteiger charge is 2.33. The molecule has 0 aromatic carbocycles. The first-order valence-electron chi connectivity index (χ1n) is 9.26. The van der Waals surface area contributed by atoms with Gasteiger partial charge in [0.05, 0.1) is 5.69 Å². The molecule has 3 heterocycles. The maximum atomic E-state index is 12.8. The van der Waals surface area contributed by atoms with Crippen LogP contribution in [0.15, 0.2) is 23.6 Å². The number of hydrogen-bond donors (Lipinski definition) is 1. The Morgan fingerprint density at radius 2 is 2.03 bits per heavy atom. The van der Waals surface area contributed by atoms with Crippen molar-refractivity contribution in [3.8, 4) is 0 Å². The number of aromatic nitrogens is 2. The van der Waals surface area contributed by atoms with Crippen LogP contribution in [-0.4, -0.2) is 39.7 Å². The Kier molecular flexibility index (Phi) is 6.02. The second-order valence-electron chi connectivity index (χ2n) is 7.87. The van der Waals surface area contributed by atoms with Crippen molar-refractivity contribution in [3.05, 3.63) is 35.0 Å². The van der Waals surface area contributed by atoms with Crippen molar-refractivity contribution in [1.29, 1.82) is 0 Å². The number of ether oxygens (including phenoxy) is 1. The van der Waals surface area contributed by atoms with Gasteiger partial charge in [0.25, 0.3) is 0 Å². The van der Waals surface area contributed by atoms with Gasteiger partial charge in [-0.05, 0) is 45.7 Å². The summed E-state index contributed by atoms with van der Waals surface area (Å²) < 4.78 is 43.9. The van der Waals surface area contributed by atoms with Crippen LogP contribution in [0.1, 0.15) is 50.9 Å². The van der Waals surface area contributed by atoms with Gasteiger partial charge in [0, 0.05) is 24.4 Å². The Morgan fingerprint density at radius 1 is 1.28 bits per heavy atom. The number of nitrogens with zero attached hydrogens (tertiary/aromatic N) is 3. The van der Waals surface area contributed by atoms with E-state index in [0.29, 0.717) is 18.2 Å². The lowest BCUT2D eigenvalue weighted by Gasteiger charge is -2.33. The van der Waals surface area contributed by atoms with Crippen LogP contribution >= 0.6 is 11.3 Å². The summed E-state index contributed by atoms with van der Waals surface area (Å²) in [5.41, 5.74) is -0.711. The summed E-state index contributed by atoms with van der Waals surface area (Å²) in [6.45, 7) is 6.61. The maximum absolute atomic E-state index is 12.8. The van der Waals surface area contributed by atoms with Gasteiger partial charge < -0.3 is 15.0 Å². The van der Waals surface area contributed by atoms with Gasteiger partial charge in [0.1, 0.15) is 17.1 Å². The lowest BCUT2D eigenvalue weighted by Crippen LogP contribution is -2.42. The van der Waals surface area contributed by atoms with Gasteiger partial charge in [-0.2, -0.15) is 13.2 Å². The maximum Gasteiger partial charge on any atom is 0.433 e. The molecule has 0 bridgehead atoms. The zero-order valence-corrected chi connectivity index (χ0v) is 17.2. The fraction of sp³-hybridized carbons (Fsp3) is 0.526. The van der Waals surface area contributed by atoms with Gasteiger partial charge in [-0.15, -0.1) is 11.3 Å². The standard InChI is InChI=1S/C19H23F3N4O2S/c1-18(2,3)28-17(27)26-9-5-6-12(10-26)13-11-29-16(23-13)25-15-8-4-7-14(24-15)19(20,21)22/h4,7-8,11-12H,5-6,9-10H2,1-3H3,(H,23,24,25). The van der Waals surface area contributed by atoms with Gasteiger partial charge in [-0.25, -0.2) is 14.8 Å². The van der Waals surface area contributed by atoms with Crippen LogP contribution in [0.3, 0.4) is 0 Å². The van der Waals surface area contributed by atoms with E-state index in [-0.39, 0.29) is 17.8 Å². The Hall–Kier alpha value is -2.36. The Balaban J connectivity index is 1.66. The lowest BCUT2D eigenvalue weighted by atomic mass is 9.96. The second kappa shape index (κ2) is 8.17. The third kappa shape index (κ3) is 5.81. The molecule has 2 aromatic rings. The molecular formula is C19H23F3N4O2S. The van der Waals surface area contributed by atoms with Gasteiger partial charge >= 0.3 is 12.3 Å². The highest BCUT2D eigenvalue weighted by atomic mass is 32.1. The van der Waals surface area contributed by atoms with E-state index >= 15 is 0 Å². The number of likely N-dealkylation sites (tertiary alicyclic amines) is 1. The van der Waals surface area contributed by atoms with E-state index in [1.165, 1.54) is 23.5 Å². The molecule has 29 heavy (non-hydrogen) atoms. The van der Waals surface area contributed by atoms with E-state index in [9.17, 15) is 18.0 Å². The molecule has 1 unspecified atom stereocenters. The number of piperidine rings is 1. The average Bonchev–Trinajstić information content (AvgIpc) is 3.08. The summed E-state index contributed by atoms with van der Waals surface area (Å²) in [5, 5.41) is 5.15. The van der Waals surface area contributed by atoms with Crippen molar-refractivity contribution in [3.63, 3.8) is 0 Å². The number of alkyl halides is 3. The number of carbonyl (C=O) groups is 1. The molecule has 0 saturated carbocycles. The number of hydrogen-bond acceptors (Lipinski definition) is 6. The molecule has 6 nitrogen and oxygen atoms in total. The van der Waals surface area contributed by atoms with Crippen LogP contribution in [0.25, 0.3) is 0 Å². The van der Waals surface area contributed by atoms with E-state index in [1.807, 2.05) is 26.2 Å². The van der Waals surface area contributed by atoms with Gasteiger partial charge in [-0.3, -0.25) is 0 Å². The number of pyridine rings is 1. The minimum atomic E-state index is -4.50. The van der Waals surface area contributed by atoms with E-state index in [0.717, 1.165) is 24.6 Å². The molecule has 1 aliphatic heterocycles. The predicted octanol–water partition coefficient (Wildman–Crippen LogP) is 5.42. The van der Waals surface area contributed by atoms with E-state index in [4.69, 9.17) is 4.74 Å². The molecule has 1 N–H and O–H groups in total. The van der Waals surface area contributed by atoms with E-state index in [2.05, 4.69) is 15.3 Å². The largest absolute Gasteiger partial charge is 0.444 e. The summed E-state index contributed by atoms with van der Waals surface area (Å²) in [6.07, 6.45) is -3.13. The molecule has 10 heteroatoms. The summed E-state index contributed by atoms with van der Waals surface area (Å²) in [7, 11) is 0. The van der Waals surface area contributed by atoms with Crippen molar-refractivity contribution in [2.24, 2.45) is 0 Å². The van der Waals surface area contributed by atoms with Crippen molar-refractivity contribution in [1.82, 2.24) is 14.9 Å². The van der Waals surface area contributed by atoms with Crippen LogP contribution in [0, 0.1) is 0 Å². The molecule has 1 saturated heterocycles. The fourth-order valence-corrected chi connectivity index (χ4v) is 3.81. The number of carbonyl (C=O) groups excluding carboxylic acids is 1. The van der Waals surface area contributed by atoms with Crippen LogP contribution in [0.4, 0.5) is 28.9 Å². The Bertz CT molecular complexity index is 864. The normalized spacial score (nSPS) is 17.9. The third-order valence-corrected chi connectivity index (χ3v) is 5.06. The molecule has 1 aliphatic rings. The van der Waals surface area contributed by atoms with Crippen molar-refractivity contribution in [2.75, 3.05) is 18.4 Å². The van der Waals surface area contributed by atoms with Crippen LogP contribution < -0.4 is 5.32 Å². The van der Waals surface area contributed by atoms with E-state index in [1.54, 1.807) is 4.90 Å². The average molecular weight is 428 g/mol. The lowest BCUT2D eigenvalue weighted by molar-refractivity contribution is -0.141. The second-order valence-corrected chi connectivity index (χ2v) is 8.73. The molecule has 0 spiro atoms. The molecular weight excluding hydrogens is 405 g/mol. The predicted molar refractivity (Wildman–Crippen MR) is 104 cm³/mol. The quantitative estimate of drug-likeness (QED) is 0.708. The summed E-state index contributed by atoms with van der Waals surface area (Å²) in [6, 6.07) is 3.68. The topological polar surface area (TPSA) is 67.3 Å². The molecule has 1 atom stereocenters. The number of thiazole rings is 1. The molecule has 3 rings (SSSR count). The molecule has 1 amide bonds. The highest BCUT2D eigenvalue weighted by Crippen LogP contribution is 2.32. The number of amides is 1. The zero-order chi connectivity index (χ0) is 21.2. The molecule has 1 fully saturated rings. The van der Waals surface area contributed by atoms with E-state index < -0.39 is 17.5 Å². The van der Waals surface area contributed by atoms with Crippen LogP contribution in [0.2, 0.25) is 0 Å². The number of nitrogens with one attached hydrogen (secondary N) is 1. The summed E-state index contributed by atoms with van der Waals surface area (Å²) in [5.74, 6) is 0.136. The molecule has 2 aromatic heterocycles.